The summed E-state index contributed by atoms with van der Waals surface area (Å²) >= 11 is 0. The zero-order valence-corrected chi connectivity index (χ0v) is 24.4. The first-order valence-corrected chi connectivity index (χ1v) is 13.1. The Morgan fingerprint density at radius 2 is 1.18 bits per heavy atom. The van der Waals surface area contributed by atoms with Crippen LogP contribution in [0, 0.1) is 10.8 Å². The fourth-order valence-electron chi connectivity index (χ4n) is 3.27. The summed E-state index contributed by atoms with van der Waals surface area (Å²) in [7, 11) is 8.84. The minimum atomic E-state index is -0.345. The third-order valence-electron chi connectivity index (χ3n) is 6.75. The minimum absolute atomic E-state index is 0.0773. The van der Waals surface area contributed by atoms with Gasteiger partial charge in [0.15, 0.2) is 0 Å². The minimum Gasteiger partial charge on any atom is -0.459 e. The lowest BCUT2D eigenvalue weighted by atomic mass is 9.89. The van der Waals surface area contributed by atoms with Crippen LogP contribution in [0.15, 0.2) is 0 Å². The zero-order valence-electron chi connectivity index (χ0n) is 24.4. The molecule has 1 amide bonds. The molecule has 0 rings (SSSR count). The summed E-state index contributed by atoms with van der Waals surface area (Å²) in [5, 5.41) is 3.04. The number of nitrogens with one attached hydrogen (secondary N) is 1. The van der Waals surface area contributed by atoms with Crippen molar-refractivity contribution in [3.05, 3.63) is 0 Å². The van der Waals surface area contributed by atoms with Gasteiger partial charge in [0.2, 0.25) is 5.91 Å². The quantitative estimate of drug-likeness (QED) is 0.210. The zero-order chi connectivity index (χ0) is 26.3. The molecule has 0 aliphatic rings. The number of hydrogen-bond donors (Lipinski definition) is 1. The second-order valence-corrected chi connectivity index (χ2v) is 12.0. The fraction of sp³-hybridized carbons (Fsp3) is 0.926. The average Bonchev–Trinajstić information content (AvgIpc) is 2.71. The van der Waals surface area contributed by atoms with Crippen molar-refractivity contribution in [1.29, 1.82) is 0 Å². The van der Waals surface area contributed by atoms with E-state index in [-0.39, 0.29) is 22.7 Å². The van der Waals surface area contributed by atoms with Gasteiger partial charge in [-0.1, -0.05) is 41.5 Å². The molecule has 0 aliphatic carbocycles. The molecule has 198 valence electrons. The Labute approximate surface area is 206 Å². The molecule has 6 nitrogen and oxygen atoms in total. The van der Waals surface area contributed by atoms with Crippen LogP contribution in [0.25, 0.3) is 0 Å². The highest BCUT2D eigenvalue weighted by Gasteiger charge is 2.27. The summed E-state index contributed by atoms with van der Waals surface area (Å²) in [6, 6.07) is 0. The Morgan fingerprint density at radius 3 is 1.61 bits per heavy atom. The SMILES string of the molecule is CCC[N+](C)(C)CCCNC(=O)C(C)(C)CC.CCC[N+](C)(C)CCOC(=O)C(C)(C)CC. The molecule has 33 heavy (non-hydrogen) atoms. The van der Waals surface area contributed by atoms with Gasteiger partial charge >= 0.3 is 5.97 Å². The lowest BCUT2D eigenvalue weighted by molar-refractivity contribution is -0.890. The summed E-state index contributed by atoms with van der Waals surface area (Å²) in [5.74, 6) is 0.104. The Kier molecular flexibility index (Phi) is 16.2. The van der Waals surface area contributed by atoms with Crippen LogP contribution < -0.4 is 5.32 Å². The van der Waals surface area contributed by atoms with E-state index in [9.17, 15) is 9.59 Å². The number of likely N-dealkylation sites (N-methyl/N-ethyl adjacent to an activating group) is 1. The molecule has 0 bridgehead atoms. The highest BCUT2D eigenvalue weighted by molar-refractivity contribution is 5.81. The standard InChI is InChI=1S/C14H30N2O.C13H28NO2/c1-7-11-16(5,6)12-9-10-15-13(17)14(3,4)8-2;1-7-9-14(5,6)10-11-16-12(15)13(3,4)8-2/h7-12H2,1-6H3;7-11H2,1-6H3/q;+1/p+1. The first-order chi connectivity index (χ1) is 15.0. The normalized spacial score (nSPS) is 12.6. The topological polar surface area (TPSA) is 55.4 Å². The number of carbonyl (C=O) groups is 2. The molecule has 0 spiro atoms. The second kappa shape index (κ2) is 15.7. The maximum Gasteiger partial charge on any atom is 0.311 e. The monoisotopic (exact) mass is 473 g/mol. The summed E-state index contributed by atoms with van der Waals surface area (Å²) in [6.45, 7) is 22.0. The van der Waals surface area contributed by atoms with Gasteiger partial charge in [0.1, 0.15) is 13.2 Å². The third-order valence-corrected chi connectivity index (χ3v) is 6.75. The largest absolute Gasteiger partial charge is 0.459 e. The van der Waals surface area contributed by atoms with Crippen LogP contribution in [0.3, 0.4) is 0 Å². The smallest absolute Gasteiger partial charge is 0.311 e. The van der Waals surface area contributed by atoms with Crippen molar-refractivity contribution < 1.29 is 23.3 Å². The van der Waals surface area contributed by atoms with Crippen molar-refractivity contribution in [2.75, 3.05) is 67.5 Å². The summed E-state index contributed by atoms with van der Waals surface area (Å²) in [5.41, 5.74) is -0.574. The number of quaternary nitrogens is 2. The lowest BCUT2D eigenvalue weighted by Crippen LogP contribution is -2.43. The van der Waals surface area contributed by atoms with Gasteiger partial charge in [0.05, 0.1) is 53.2 Å². The maximum atomic E-state index is 11.8. The molecule has 6 heteroatoms. The second-order valence-electron chi connectivity index (χ2n) is 12.0. The molecular weight excluding hydrogens is 414 g/mol. The molecule has 1 N–H and O–H groups in total. The van der Waals surface area contributed by atoms with Gasteiger partial charge in [0, 0.05) is 18.4 Å². The Morgan fingerprint density at radius 1 is 0.727 bits per heavy atom. The van der Waals surface area contributed by atoms with Crippen LogP contribution in [0.2, 0.25) is 0 Å². The lowest BCUT2D eigenvalue weighted by Gasteiger charge is -2.29. The summed E-state index contributed by atoms with van der Waals surface area (Å²) in [4.78, 5) is 23.5. The highest BCUT2D eigenvalue weighted by Crippen LogP contribution is 2.21. The first kappa shape index (κ1) is 34.0. The number of nitrogens with zero attached hydrogens (tertiary/aromatic N) is 2. The van der Waals surface area contributed by atoms with E-state index in [0.29, 0.717) is 6.61 Å². The fourth-order valence-corrected chi connectivity index (χ4v) is 3.27. The molecule has 0 aromatic rings. The van der Waals surface area contributed by atoms with Crippen LogP contribution >= 0.6 is 0 Å². The van der Waals surface area contributed by atoms with E-state index in [1.54, 1.807) is 0 Å². The van der Waals surface area contributed by atoms with Gasteiger partial charge in [-0.2, -0.15) is 0 Å². The number of ether oxygens (including phenoxy) is 1. The first-order valence-electron chi connectivity index (χ1n) is 13.1. The van der Waals surface area contributed by atoms with E-state index >= 15 is 0 Å². The predicted octanol–water partition coefficient (Wildman–Crippen LogP) is 4.87. The van der Waals surface area contributed by atoms with E-state index in [0.717, 1.165) is 60.8 Å². The molecule has 0 atom stereocenters. The molecule has 0 saturated carbocycles. The van der Waals surface area contributed by atoms with Gasteiger partial charge in [-0.15, -0.1) is 0 Å². The van der Waals surface area contributed by atoms with Crippen molar-refractivity contribution in [2.24, 2.45) is 10.8 Å². The summed E-state index contributed by atoms with van der Waals surface area (Å²) < 4.78 is 7.28. The van der Waals surface area contributed by atoms with E-state index in [2.05, 4.69) is 54.3 Å². The molecular formula is C27H59N3O3+2. The van der Waals surface area contributed by atoms with Crippen LogP contribution in [-0.4, -0.2) is 88.4 Å². The van der Waals surface area contributed by atoms with Crippen LogP contribution in [0.5, 0.6) is 0 Å². The van der Waals surface area contributed by atoms with Gasteiger partial charge in [-0.3, -0.25) is 9.59 Å². The maximum absolute atomic E-state index is 11.8. The molecule has 0 radical (unpaired) electrons. The Balaban J connectivity index is 0. The molecule has 0 aliphatic heterocycles. The van der Waals surface area contributed by atoms with Gasteiger partial charge < -0.3 is 19.0 Å². The van der Waals surface area contributed by atoms with Crippen molar-refractivity contribution in [1.82, 2.24) is 5.32 Å². The van der Waals surface area contributed by atoms with Crippen molar-refractivity contribution in [2.45, 2.75) is 87.5 Å². The highest BCUT2D eigenvalue weighted by atomic mass is 16.5. The Hall–Kier alpha value is -1.14. The van der Waals surface area contributed by atoms with Crippen LogP contribution in [-0.2, 0) is 14.3 Å². The molecule has 0 saturated heterocycles. The van der Waals surface area contributed by atoms with Crippen molar-refractivity contribution in [3.8, 4) is 0 Å². The predicted molar refractivity (Wildman–Crippen MR) is 141 cm³/mol. The molecule has 0 fully saturated rings. The van der Waals surface area contributed by atoms with Crippen molar-refractivity contribution >= 4 is 11.9 Å². The van der Waals surface area contributed by atoms with Crippen LogP contribution in [0.1, 0.15) is 87.5 Å². The molecule has 0 unspecified atom stereocenters. The van der Waals surface area contributed by atoms with E-state index in [1.807, 2.05) is 34.6 Å². The third kappa shape index (κ3) is 16.2. The number of esters is 1. The van der Waals surface area contributed by atoms with E-state index in [1.165, 1.54) is 13.0 Å². The molecule has 0 aromatic heterocycles. The molecule has 0 aromatic carbocycles. The van der Waals surface area contributed by atoms with E-state index < -0.39 is 0 Å². The number of carbonyl (C=O) groups excluding carboxylic acids is 2. The summed E-state index contributed by atoms with van der Waals surface area (Å²) in [6.07, 6.45) is 5.12. The number of rotatable bonds is 15. The van der Waals surface area contributed by atoms with Crippen molar-refractivity contribution in [3.63, 3.8) is 0 Å². The van der Waals surface area contributed by atoms with Gasteiger partial charge in [-0.25, -0.2) is 0 Å². The average molecular weight is 474 g/mol. The van der Waals surface area contributed by atoms with Crippen LogP contribution in [0.4, 0.5) is 0 Å². The van der Waals surface area contributed by atoms with Gasteiger partial charge in [0.25, 0.3) is 0 Å². The Bertz CT molecular complexity index is 555. The van der Waals surface area contributed by atoms with E-state index in [4.69, 9.17) is 4.74 Å². The molecule has 0 heterocycles. The number of hydrogen-bond acceptors (Lipinski definition) is 3. The van der Waals surface area contributed by atoms with Gasteiger partial charge in [-0.05, 0) is 39.5 Å². The number of amides is 1.